The van der Waals surface area contributed by atoms with Gasteiger partial charge in [0.15, 0.2) is 16.0 Å². The van der Waals surface area contributed by atoms with Crippen molar-refractivity contribution in [3.8, 4) is 17.0 Å². The quantitative estimate of drug-likeness (QED) is 0.784. The molecule has 0 saturated heterocycles. The van der Waals surface area contributed by atoms with Crippen molar-refractivity contribution in [3.05, 3.63) is 48.8 Å². The van der Waals surface area contributed by atoms with E-state index in [1.807, 2.05) is 30.3 Å². The lowest BCUT2D eigenvalue weighted by atomic mass is 10.1. The number of nitrogens with zero attached hydrogens (tertiary/aromatic N) is 3. The second-order valence-electron chi connectivity index (χ2n) is 5.13. The Hall–Kier alpha value is -3.00. The smallest absolute Gasteiger partial charge is 0.258 e. The first-order chi connectivity index (χ1) is 11.7. The SMILES string of the molecule is COc1cc(-c2ccc3c(cnn3C3=CC(=O)NS3=O)c2)ccn1. The molecule has 1 aliphatic rings. The molecule has 0 fully saturated rings. The van der Waals surface area contributed by atoms with E-state index in [1.54, 1.807) is 19.5 Å². The average Bonchev–Trinajstić information content (AvgIpc) is 3.16. The van der Waals surface area contributed by atoms with Crippen LogP contribution in [-0.2, 0) is 15.8 Å². The maximum Gasteiger partial charge on any atom is 0.258 e. The van der Waals surface area contributed by atoms with Crippen LogP contribution < -0.4 is 9.46 Å². The summed E-state index contributed by atoms with van der Waals surface area (Å²) >= 11 is 0. The van der Waals surface area contributed by atoms with Crippen LogP contribution in [0.15, 0.2) is 48.8 Å². The Kier molecular flexibility index (Phi) is 3.39. The molecule has 0 spiro atoms. The molecule has 0 radical (unpaired) electrons. The first kappa shape index (κ1) is 14.6. The van der Waals surface area contributed by atoms with E-state index in [-0.39, 0.29) is 5.91 Å². The molecule has 120 valence electrons. The van der Waals surface area contributed by atoms with Crippen LogP contribution in [0, 0.1) is 0 Å². The summed E-state index contributed by atoms with van der Waals surface area (Å²) in [6.07, 6.45) is 4.66. The van der Waals surface area contributed by atoms with Crippen LogP contribution >= 0.6 is 0 Å². The van der Waals surface area contributed by atoms with Gasteiger partial charge < -0.3 is 4.74 Å². The molecule has 0 bridgehead atoms. The molecule has 7 nitrogen and oxygen atoms in total. The maximum atomic E-state index is 11.9. The predicted molar refractivity (Wildman–Crippen MR) is 90.1 cm³/mol. The van der Waals surface area contributed by atoms with Gasteiger partial charge in [-0.05, 0) is 29.3 Å². The number of hydrogen-bond donors (Lipinski definition) is 1. The van der Waals surface area contributed by atoms with E-state index in [2.05, 4.69) is 14.8 Å². The summed E-state index contributed by atoms with van der Waals surface area (Å²) in [7, 11) is -0.0110. The van der Waals surface area contributed by atoms with Gasteiger partial charge in [0, 0.05) is 23.7 Å². The third-order valence-corrected chi connectivity index (χ3v) is 4.75. The molecular weight excluding hydrogens is 328 g/mol. The fraction of sp³-hybridized carbons (Fsp3) is 0.0625. The molecule has 0 aliphatic carbocycles. The van der Waals surface area contributed by atoms with Gasteiger partial charge >= 0.3 is 0 Å². The fourth-order valence-electron chi connectivity index (χ4n) is 2.57. The Morgan fingerprint density at radius 3 is 2.79 bits per heavy atom. The Bertz CT molecular complexity index is 1030. The lowest BCUT2D eigenvalue weighted by Crippen LogP contribution is -2.17. The number of pyridine rings is 1. The molecule has 1 N–H and O–H groups in total. The number of aromatic nitrogens is 3. The molecule has 1 aromatic carbocycles. The zero-order chi connectivity index (χ0) is 16.7. The number of fused-ring (bicyclic) bond motifs is 1. The molecule has 2 aromatic heterocycles. The zero-order valence-corrected chi connectivity index (χ0v) is 13.4. The second-order valence-corrected chi connectivity index (χ2v) is 6.29. The van der Waals surface area contributed by atoms with E-state index in [1.165, 1.54) is 10.8 Å². The summed E-state index contributed by atoms with van der Waals surface area (Å²) in [5, 5.41) is 5.46. The normalized spacial score (nSPS) is 17.0. The van der Waals surface area contributed by atoms with Crippen LogP contribution in [0.25, 0.3) is 27.1 Å². The van der Waals surface area contributed by atoms with Crippen molar-refractivity contribution in [2.45, 2.75) is 0 Å². The predicted octanol–water partition coefficient (Wildman–Crippen LogP) is 1.70. The summed E-state index contributed by atoms with van der Waals surface area (Å²) in [5.41, 5.74) is 2.73. The van der Waals surface area contributed by atoms with E-state index < -0.39 is 11.0 Å². The van der Waals surface area contributed by atoms with Crippen molar-refractivity contribution in [3.63, 3.8) is 0 Å². The van der Waals surface area contributed by atoms with Gasteiger partial charge in [-0.2, -0.15) is 5.10 Å². The largest absolute Gasteiger partial charge is 0.481 e. The molecule has 1 aliphatic heterocycles. The standard InChI is InChI=1S/C16H12N4O3S/c1-23-15-7-11(4-5-17-15)10-2-3-13-12(6-10)9-18-20(13)16-8-14(21)19-24(16)22/h2-9H,1H3,(H,19,21). The van der Waals surface area contributed by atoms with Crippen LogP contribution in [0.2, 0.25) is 0 Å². The van der Waals surface area contributed by atoms with Crippen LogP contribution in [0.5, 0.6) is 5.88 Å². The Morgan fingerprint density at radius 2 is 2.04 bits per heavy atom. The van der Waals surface area contributed by atoms with E-state index >= 15 is 0 Å². The zero-order valence-electron chi connectivity index (χ0n) is 12.6. The van der Waals surface area contributed by atoms with E-state index in [4.69, 9.17) is 4.74 Å². The Balaban J connectivity index is 1.79. The fourth-order valence-corrected chi connectivity index (χ4v) is 3.43. The minimum atomic E-state index is -1.58. The minimum Gasteiger partial charge on any atom is -0.481 e. The topological polar surface area (TPSA) is 86.1 Å². The molecule has 1 unspecified atom stereocenters. The number of nitrogens with one attached hydrogen (secondary N) is 1. The molecule has 3 heterocycles. The maximum absolute atomic E-state index is 11.9. The number of carbonyl (C=O) groups excluding carboxylic acids is 1. The van der Waals surface area contributed by atoms with Crippen LogP contribution in [0.3, 0.4) is 0 Å². The molecule has 8 heteroatoms. The van der Waals surface area contributed by atoms with Crippen molar-refractivity contribution in [2.24, 2.45) is 0 Å². The van der Waals surface area contributed by atoms with Crippen molar-refractivity contribution in [1.29, 1.82) is 0 Å². The highest BCUT2D eigenvalue weighted by molar-refractivity contribution is 7.93. The Morgan fingerprint density at radius 1 is 1.21 bits per heavy atom. The van der Waals surface area contributed by atoms with Crippen LogP contribution in [-0.4, -0.2) is 32.0 Å². The molecule has 3 aromatic rings. The molecule has 4 rings (SSSR count). The van der Waals surface area contributed by atoms with Gasteiger partial charge in [-0.25, -0.2) is 13.9 Å². The number of hydrogen-bond acceptors (Lipinski definition) is 5. The van der Waals surface area contributed by atoms with Crippen molar-refractivity contribution < 1.29 is 13.7 Å². The van der Waals surface area contributed by atoms with Crippen molar-refractivity contribution in [1.82, 2.24) is 19.5 Å². The highest BCUT2D eigenvalue weighted by Gasteiger charge is 2.23. The molecular formula is C16H12N4O3S. The lowest BCUT2D eigenvalue weighted by molar-refractivity contribution is -0.114. The second kappa shape index (κ2) is 5.57. The molecule has 24 heavy (non-hydrogen) atoms. The monoisotopic (exact) mass is 340 g/mol. The third-order valence-electron chi connectivity index (χ3n) is 3.69. The van der Waals surface area contributed by atoms with Crippen LogP contribution in [0.4, 0.5) is 0 Å². The Labute approximate surface area is 139 Å². The minimum absolute atomic E-state index is 0.327. The molecule has 1 atom stereocenters. The summed E-state index contributed by atoms with van der Waals surface area (Å²) in [4.78, 5) is 15.5. The average molecular weight is 340 g/mol. The highest BCUT2D eigenvalue weighted by Crippen LogP contribution is 2.28. The van der Waals surface area contributed by atoms with Gasteiger partial charge in [-0.15, -0.1) is 0 Å². The highest BCUT2D eigenvalue weighted by atomic mass is 32.2. The van der Waals surface area contributed by atoms with Gasteiger partial charge in [-0.1, -0.05) is 6.07 Å². The van der Waals surface area contributed by atoms with Crippen LogP contribution in [0.1, 0.15) is 0 Å². The van der Waals surface area contributed by atoms with E-state index in [0.29, 0.717) is 10.9 Å². The van der Waals surface area contributed by atoms with Gasteiger partial charge in [0.2, 0.25) is 5.88 Å². The molecule has 0 saturated carbocycles. The number of rotatable bonds is 3. The number of methoxy groups -OCH3 is 1. The number of carbonyl (C=O) groups is 1. The number of benzene rings is 1. The lowest BCUT2D eigenvalue weighted by Gasteiger charge is -2.06. The van der Waals surface area contributed by atoms with E-state index in [0.717, 1.165) is 22.0 Å². The van der Waals surface area contributed by atoms with Crippen molar-refractivity contribution in [2.75, 3.05) is 7.11 Å². The first-order valence-electron chi connectivity index (χ1n) is 7.08. The summed E-state index contributed by atoms with van der Waals surface area (Å²) in [6, 6.07) is 9.53. The first-order valence-corrected chi connectivity index (χ1v) is 8.23. The van der Waals surface area contributed by atoms with Gasteiger partial charge in [-0.3, -0.25) is 9.52 Å². The third kappa shape index (κ3) is 2.37. The summed E-state index contributed by atoms with van der Waals surface area (Å²) in [5.74, 6) is 0.159. The van der Waals surface area contributed by atoms with Gasteiger partial charge in [0.05, 0.1) is 18.8 Å². The number of amides is 1. The summed E-state index contributed by atoms with van der Waals surface area (Å²) < 4.78 is 20.9. The number of ether oxygens (including phenoxy) is 1. The van der Waals surface area contributed by atoms with Gasteiger partial charge in [0.25, 0.3) is 5.91 Å². The van der Waals surface area contributed by atoms with E-state index in [9.17, 15) is 9.00 Å². The molecule has 1 amide bonds. The summed E-state index contributed by atoms with van der Waals surface area (Å²) in [6.45, 7) is 0. The van der Waals surface area contributed by atoms with Crippen molar-refractivity contribution >= 4 is 32.8 Å². The van der Waals surface area contributed by atoms with Gasteiger partial charge in [0.1, 0.15) is 0 Å².